The van der Waals surface area contributed by atoms with Crippen LogP contribution >= 0.6 is 11.3 Å². The fourth-order valence-corrected chi connectivity index (χ4v) is 4.91. The molecule has 0 saturated carbocycles. The van der Waals surface area contributed by atoms with Gasteiger partial charge in [0, 0.05) is 36.1 Å². The van der Waals surface area contributed by atoms with E-state index in [4.69, 9.17) is 4.74 Å². The molecule has 1 atom stereocenters. The molecule has 0 N–H and O–H groups in total. The first-order valence-electron chi connectivity index (χ1n) is 11.6. The van der Waals surface area contributed by atoms with E-state index < -0.39 is 5.97 Å². The van der Waals surface area contributed by atoms with Crippen molar-refractivity contribution >= 4 is 29.1 Å². The number of benzene rings is 1. The largest absolute Gasteiger partial charge is 0.462 e. The Hall–Kier alpha value is -3.59. The Morgan fingerprint density at radius 1 is 1.09 bits per heavy atom. The van der Waals surface area contributed by atoms with Gasteiger partial charge in [-0.25, -0.2) is 14.8 Å². The SMILES string of the molecule is CCOC(=O)c1c(C)nc(-c2ccccc2)nc1C(=O)N1CCN(C(=O)Cc2cccs2)C(C)C1. The van der Waals surface area contributed by atoms with E-state index >= 15 is 0 Å². The van der Waals surface area contributed by atoms with Crippen molar-refractivity contribution in [2.45, 2.75) is 33.2 Å². The van der Waals surface area contributed by atoms with Crippen LogP contribution in [0.1, 0.15) is 45.3 Å². The summed E-state index contributed by atoms with van der Waals surface area (Å²) in [6.45, 7) is 6.61. The van der Waals surface area contributed by atoms with E-state index in [1.807, 2.05) is 59.7 Å². The molecule has 3 heterocycles. The summed E-state index contributed by atoms with van der Waals surface area (Å²) < 4.78 is 5.21. The minimum Gasteiger partial charge on any atom is -0.462 e. The first-order valence-corrected chi connectivity index (χ1v) is 12.5. The first-order chi connectivity index (χ1) is 16.9. The minimum atomic E-state index is -0.620. The van der Waals surface area contributed by atoms with E-state index in [1.165, 1.54) is 0 Å². The first kappa shape index (κ1) is 24.5. The third-order valence-electron chi connectivity index (χ3n) is 5.94. The van der Waals surface area contributed by atoms with Gasteiger partial charge in [-0.1, -0.05) is 36.4 Å². The highest BCUT2D eigenvalue weighted by Gasteiger charge is 2.34. The number of thiophene rings is 1. The van der Waals surface area contributed by atoms with Crippen molar-refractivity contribution in [3.05, 3.63) is 69.7 Å². The molecule has 0 bridgehead atoms. The smallest absolute Gasteiger partial charge is 0.342 e. The summed E-state index contributed by atoms with van der Waals surface area (Å²) in [5, 5.41) is 1.96. The summed E-state index contributed by atoms with van der Waals surface area (Å²) in [5.74, 6) is -0.570. The molecule has 1 fully saturated rings. The second-order valence-electron chi connectivity index (χ2n) is 8.39. The van der Waals surface area contributed by atoms with Crippen LogP contribution < -0.4 is 0 Å². The van der Waals surface area contributed by atoms with Crippen LogP contribution in [-0.2, 0) is 16.0 Å². The molecule has 3 aromatic rings. The molecular weight excluding hydrogens is 464 g/mol. The maximum atomic E-state index is 13.7. The number of carbonyl (C=O) groups is 3. The Labute approximate surface area is 208 Å². The summed E-state index contributed by atoms with van der Waals surface area (Å²) in [4.78, 5) is 52.8. The van der Waals surface area contributed by atoms with Crippen molar-refractivity contribution in [3.63, 3.8) is 0 Å². The summed E-state index contributed by atoms with van der Waals surface area (Å²) >= 11 is 1.56. The lowest BCUT2D eigenvalue weighted by Gasteiger charge is -2.40. The predicted molar refractivity (Wildman–Crippen MR) is 133 cm³/mol. The van der Waals surface area contributed by atoms with Gasteiger partial charge in [-0.2, -0.15) is 0 Å². The molecular formula is C26H28N4O4S. The van der Waals surface area contributed by atoms with Crippen molar-refractivity contribution in [2.75, 3.05) is 26.2 Å². The molecule has 182 valence electrons. The van der Waals surface area contributed by atoms with Gasteiger partial charge in [-0.15, -0.1) is 11.3 Å². The lowest BCUT2D eigenvalue weighted by Crippen LogP contribution is -2.56. The fourth-order valence-electron chi connectivity index (χ4n) is 4.22. The van der Waals surface area contributed by atoms with E-state index in [1.54, 1.807) is 30.1 Å². The van der Waals surface area contributed by atoms with Crippen LogP contribution in [0, 0.1) is 6.92 Å². The number of aromatic nitrogens is 2. The van der Waals surface area contributed by atoms with Gasteiger partial charge in [0.15, 0.2) is 5.82 Å². The zero-order chi connectivity index (χ0) is 24.9. The summed E-state index contributed by atoms with van der Waals surface area (Å²) in [6, 6.07) is 13.0. The zero-order valence-corrected chi connectivity index (χ0v) is 20.9. The van der Waals surface area contributed by atoms with Crippen LogP contribution in [0.2, 0.25) is 0 Å². The van der Waals surface area contributed by atoms with Crippen molar-refractivity contribution in [3.8, 4) is 11.4 Å². The number of hydrogen-bond acceptors (Lipinski definition) is 7. The Kier molecular flexibility index (Phi) is 7.55. The van der Waals surface area contributed by atoms with Crippen molar-refractivity contribution in [2.24, 2.45) is 0 Å². The Morgan fingerprint density at radius 2 is 1.86 bits per heavy atom. The molecule has 8 nitrogen and oxygen atoms in total. The van der Waals surface area contributed by atoms with Crippen molar-refractivity contribution < 1.29 is 19.1 Å². The van der Waals surface area contributed by atoms with Crippen LogP contribution in [0.15, 0.2) is 47.8 Å². The average molecular weight is 493 g/mol. The molecule has 2 amide bonds. The molecule has 35 heavy (non-hydrogen) atoms. The number of nitrogens with zero attached hydrogens (tertiary/aromatic N) is 4. The van der Waals surface area contributed by atoms with Crippen LogP contribution in [0.5, 0.6) is 0 Å². The van der Waals surface area contributed by atoms with Gasteiger partial charge >= 0.3 is 5.97 Å². The van der Waals surface area contributed by atoms with Crippen molar-refractivity contribution in [1.29, 1.82) is 0 Å². The zero-order valence-electron chi connectivity index (χ0n) is 20.1. The van der Waals surface area contributed by atoms with E-state index in [0.717, 1.165) is 10.4 Å². The number of aryl methyl sites for hydroxylation is 1. The molecule has 1 saturated heterocycles. The summed E-state index contributed by atoms with van der Waals surface area (Å²) in [5.41, 5.74) is 1.25. The van der Waals surface area contributed by atoms with E-state index in [0.29, 0.717) is 37.6 Å². The van der Waals surface area contributed by atoms with Gasteiger partial charge in [0.05, 0.1) is 18.7 Å². The van der Waals surface area contributed by atoms with Crippen LogP contribution in [0.4, 0.5) is 0 Å². The number of carbonyl (C=O) groups excluding carboxylic acids is 3. The molecule has 0 aliphatic carbocycles. The molecule has 1 unspecified atom stereocenters. The molecule has 1 aliphatic heterocycles. The highest BCUT2D eigenvalue weighted by atomic mass is 32.1. The molecule has 2 aromatic heterocycles. The maximum Gasteiger partial charge on any atom is 0.342 e. The molecule has 1 aromatic carbocycles. The quantitative estimate of drug-likeness (QED) is 0.488. The predicted octanol–water partition coefficient (Wildman–Crippen LogP) is 3.61. The van der Waals surface area contributed by atoms with Crippen LogP contribution in [-0.4, -0.2) is 69.8 Å². The molecule has 4 rings (SSSR count). The highest BCUT2D eigenvalue weighted by molar-refractivity contribution is 7.10. The number of esters is 1. The van der Waals surface area contributed by atoms with Gasteiger partial charge in [0.1, 0.15) is 11.3 Å². The standard InChI is InChI=1S/C26H28N4O4S/c1-4-34-26(33)22-18(3)27-24(19-9-6-5-7-10-19)28-23(22)25(32)29-12-13-30(17(2)16-29)21(31)15-20-11-8-14-35-20/h5-11,14,17H,4,12-13,15-16H2,1-3H3. The van der Waals surface area contributed by atoms with Gasteiger partial charge < -0.3 is 14.5 Å². The Morgan fingerprint density at radius 3 is 2.51 bits per heavy atom. The van der Waals surface area contributed by atoms with Gasteiger partial charge in [0.2, 0.25) is 5.91 Å². The number of amides is 2. The minimum absolute atomic E-state index is 0.0281. The number of ether oxygens (including phenoxy) is 1. The third kappa shape index (κ3) is 5.40. The van der Waals surface area contributed by atoms with Gasteiger partial charge in [-0.3, -0.25) is 9.59 Å². The fraction of sp³-hybridized carbons (Fsp3) is 0.346. The third-order valence-corrected chi connectivity index (χ3v) is 6.82. The lowest BCUT2D eigenvalue weighted by molar-refractivity contribution is -0.134. The normalized spacial score (nSPS) is 15.7. The second-order valence-corrected chi connectivity index (χ2v) is 9.42. The van der Waals surface area contributed by atoms with E-state index in [-0.39, 0.29) is 35.7 Å². The van der Waals surface area contributed by atoms with Gasteiger partial charge in [-0.05, 0) is 32.2 Å². The van der Waals surface area contributed by atoms with Crippen molar-refractivity contribution in [1.82, 2.24) is 19.8 Å². The Balaban J connectivity index is 1.59. The Bertz CT molecular complexity index is 1210. The number of hydrogen-bond donors (Lipinski definition) is 0. The maximum absolute atomic E-state index is 13.7. The molecule has 0 spiro atoms. The number of piperazine rings is 1. The number of rotatable bonds is 6. The topological polar surface area (TPSA) is 92.7 Å². The van der Waals surface area contributed by atoms with Crippen LogP contribution in [0.3, 0.4) is 0 Å². The average Bonchev–Trinajstić information content (AvgIpc) is 3.36. The van der Waals surface area contributed by atoms with Crippen LogP contribution in [0.25, 0.3) is 11.4 Å². The van der Waals surface area contributed by atoms with E-state index in [2.05, 4.69) is 9.97 Å². The second kappa shape index (κ2) is 10.8. The summed E-state index contributed by atoms with van der Waals surface area (Å²) in [6.07, 6.45) is 0.356. The molecule has 9 heteroatoms. The lowest BCUT2D eigenvalue weighted by atomic mass is 10.1. The molecule has 0 radical (unpaired) electrons. The van der Waals surface area contributed by atoms with Gasteiger partial charge in [0.25, 0.3) is 5.91 Å². The highest BCUT2D eigenvalue weighted by Crippen LogP contribution is 2.23. The molecule has 1 aliphatic rings. The monoisotopic (exact) mass is 492 g/mol. The summed E-state index contributed by atoms with van der Waals surface area (Å²) in [7, 11) is 0. The van der Waals surface area contributed by atoms with E-state index in [9.17, 15) is 14.4 Å².